The second-order valence-electron chi connectivity index (χ2n) is 4.75. The number of halogens is 3. The summed E-state index contributed by atoms with van der Waals surface area (Å²) in [5.74, 6) is 0. The van der Waals surface area contributed by atoms with E-state index in [-0.39, 0.29) is 6.42 Å². The molecule has 0 aliphatic heterocycles. The highest BCUT2D eigenvalue weighted by Crippen LogP contribution is 2.23. The van der Waals surface area contributed by atoms with Crippen molar-refractivity contribution in [3.05, 3.63) is 60.2 Å². The zero-order valence-electron chi connectivity index (χ0n) is 10.9. The molecule has 0 fully saturated rings. The van der Waals surface area contributed by atoms with Crippen molar-refractivity contribution in [2.45, 2.75) is 25.1 Å². The quantitative estimate of drug-likeness (QED) is 0.892. The van der Waals surface area contributed by atoms with Crippen molar-refractivity contribution in [3.8, 4) is 11.1 Å². The van der Waals surface area contributed by atoms with Crippen molar-refractivity contribution in [1.82, 2.24) is 0 Å². The summed E-state index contributed by atoms with van der Waals surface area (Å²) in [6.07, 6.45) is -4.08. The Morgan fingerprint density at radius 2 is 1.40 bits per heavy atom. The van der Waals surface area contributed by atoms with Gasteiger partial charge in [0, 0.05) is 0 Å². The molecule has 1 unspecified atom stereocenters. The molecule has 0 saturated heterocycles. The third kappa shape index (κ3) is 3.84. The van der Waals surface area contributed by atoms with E-state index in [1.54, 1.807) is 0 Å². The molecule has 0 bridgehead atoms. The Balaban J connectivity index is 1.99. The lowest BCUT2D eigenvalue weighted by atomic mass is 10.0. The lowest BCUT2D eigenvalue weighted by molar-refractivity contribution is -0.148. The fourth-order valence-corrected chi connectivity index (χ4v) is 1.98. The van der Waals surface area contributed by atoms with Crippen LogP contribution in [0.3, 0.4) is 0 Å². The molecule has 1 atom stereocenters. The molecule has 4 heteroatoms. The monoisotopic (exact) mass is 279 g/mol. The molecule has 0 amide bonds. The Labute approximate surface area is 116 Å². The van der Waals surface area contributed by atoms with Crippen LogP contribution in [0.5, 0.6) is 0 Å². The predicted octanol–water partition coefficient (Wildman–Crippen LogP) is 4.18. The fourth-order valence-electron chi connectivity index (χ4n) is 1.98. The summed E-state index contributed by atoms with van der Waals surface area (Å²) < 4.78 is 36.9. The molecule has 2 aromatic rings. The highest BCUT2D eigenvalue weighted by molar-refractivity contribution is 5.63. The van der Waals surface area contributed by atoms with Gasteiger partial charge in [0.05, 0.1) is 0 Å². The van der Waals surface area contributed by atoms with Crippen LogP contribution in [0.2, 0.25) is 0 Å². The van der Waals surface area contributed by atoms with Crippen LogP contribution >= 0.6 is 0 Å². The average Bonchev–Trinajstić information content (AvgIpc) is 2.45. The normalized spacial score (nSPS) is 13.2. The van der Waals surface area contributed by atoms with Crippen molar-refractivity contribution in [3.63, 3.8) is 0 Å². The molecule has 2 aromatic carbocycles. The summed E-state index contributed by atoms with van der Waals surface area (Å²) in [7, 11) is 0. The summed E-state index contributed by atoms with van der Waals surface area (Å²) in [5.41, 5.74) is 8.10. The van der Waals surface area contributed by atoms with Gasteiger partial charge in [0.1, 0.15) is 6.04 Å². The number of nitrogens with two attached hydrogens (primary N) is 1. The van der Waals surface area contributed by atoms with E-state index in [0.29, 0.717) is 6.42 Å². The topological polar surface area (TPSA) is 26.0 Å². The molecule has 20 heavy (non-hydrogen) atoms. The summed E-state index contributed by atoms with van der Waals surface area (Å²) >= 11 is 0. The van der Waals surface area contributed by atoms with Gasteiger partial charge >= 0.3 is 6.18 Å². The molecular formula is C16H16F3N. The van der Waals surface area contributed by atoms with E-state index in [4.69, 9.17) is 5.73 Å². The molecule has 106 valence electrons. The first kappa shape index (κ1) is 14.6. The zero-order valence-corrected chi connectivity index (χ0v) is 10.9. The van der Waals surface area contributed by atoms with Gasteiger partial charge in [-0.25, -0.2) is 0 Å². The van der Waals surface area contributed by atoms with Gasteiger partial charge in [-0.2, -0.15) is 13.2 Å². The largest absolute Gasteiger partial charge is 0.403 e. The van der Waals surface area contributed by atoms with Gasteiger partial charge in [0.15, 0.2) is 0 Å². The molecule has 1 nitrogen and oxygen atoms in total. The molecule has 2 N–H and O–H groups in total. The summed E-state index contributed by atoms with van der Waals surface area (Å²) in [6, 6.07) is 15.6. The number of benzene rings is 2. The van der Waals surface area contributed by atoms with Crippen LogP contribution < -0.4 is 5.73 Å². The van der Waals surface area contributed by atoms with Crippen LogP contribution in [0.15, 0.2) is 54.6 Å². The first-order chi connectivity index (χ1) is 9.47. The minimum atomic E-state index is -4.32. The van der Waals surface area contributed by atoms with Crippen LogP contribution in [0.25, 0.3) is 11.1 Å². The number of hydrogen-bond acceptors (Lipinski definition) is 1. The van der Waals surface area contributed by atoms with Gasteiger partial charge in [-0.05, 0) is 29.5 Å². The minimum Gasteiger partial charge on any atom is -0.320 e. The van der Waals surface area contributed by atoms with E-state index in [2.05, 4.69) is 0 Å². The highest BCUT2D eigenvalue weighted by Gasteiger charge is 2.35. The average molecular weight is 279 g/mol. The van der Waals surface area contributed by atoms with Crippen molar-refractivity contribution in [2.75, 3.05) is 0 Å². The molecule has 0 aromatic heterocycles. The van der Waals surface area contributed by atoms with E-state index >= 15 is 0 Å². The SMILES string of the molecule is NC(CCc1ccc(-c2ccccc2)cc1)C(F)(F)F. The molecule has 0 heterocycles. The third-order valence-corrected chi connectivity index (χ3v) is 3.23. The van der Waals surface area contributed by atoms with E-state index in [9.17, 15) is 13.2 Å². The third-order valence-electron chi connectivity index (χ3n) is 3.23. The Bertz CT molecular complexity index is 532. The molecule has 0 aliphatic carbocycles. The smallest absolute Gasteiger partial charge is 0.320 e. The standard InChI is InChI=1S/C16H16F3N/c17-16(18,19)15(20)11-8-12-6-9-14(10-7-12)13-4-2-1-3-5-13/h1-7,9-10,15H,8,11,20H2. The number of rotatable bonds is 4. The van der Waals surface area contributed by atoms with Gasteiger partial charge < -0.3 is 5.73 Å². The summed E-state index contributed by atoms with van der Waals surface area (Å²) in [5, 5.41) is 0. The number of alkyl halides is 3. The first-order valence-electron chi connectivity index (χ1n) is 6.43. The predicted molar refractivity (Wildman–Crippen MR) is 74.2 cm³/mol. The van der Waals surface area contributed by atoms with E-state index in [1.165, 1.54) is 0 Å². The Kier molecular flexibility index (Phi) is 4.45. The van der Waals surface area contributed by atoms with Crippen molar-refractivity contribution in [2.24, 2.45) is 5.73 Å². The van der Waals surface area contributed by atoms with Crippen molar-refractivity contribution in [1.29, 1.82) is 0 Å². The fraction of sp³-hybridized carbons (Fsp3) is 0.250. The first-order valence-corrected chi connectivity index (χ1v) is 6.43. The maximum absolute atomic E-state index is 12.3. The van der Waals surface area contributed by atoms with E-state index < -0.39 is 12.2 Å². The van der Waals surface area contributed by atoms with Gasteiger partial charge in [-0.1, -0.05) is 54.6 Å². The number of hydrogen-bond donors (Lipinski definition) is 1. The minimum absolute atomic E-state index is 0.0891. The van der Waals surface area contributed by atoms with Crippen molar-refractivity contribution < 1.29 is 13.2 Å². The Morgan fingerprint density at radius 1 is 0.850 bits per heavy atom. The molecular weight excluding hydrogens is 263 g/mol. The van der Waals surface area contributed by atoms with E-state index in [0.717, 1.165) is 16.7 Å². The molecule has 0 aliphatic rings. The molecule has 0 radical (unpaired) electrons. The van der Waals surface area contributed by atoms with Gasteiger partial charge in [0.25, 0.3) is 0 Å². The lowest BCUT2D eigenvalue weighted by Crippen LogP contribution is -2.37. The Hall–Kier alpha value is -1.81. The van der Waals surface area contributed by atoms with Gasteiger partial charge in [-0.15, -0.1) is 0 Å². The molecule has 2 rings (SSSR count). The van der Waals surface area contributed by atoms with Crippen LogP contribution in [-0.4, -0.2) is 12.2 Å². The van der Waals surface area contributed by atoms with E-state index in [1.807, 2.05) is 54.6 Å². The lowest BCUT2D eigenvalue weighted by Gasteiger charge is -2.15. The second kappa shape index (κ2) is 6.09. The van der Waals surface area contributed by atoms with Crippen LogP contribution in [-0.2, 0) is 6.42 Å². The summed E-state index contributed by atoms with van der Waals surface area (Å²) in [4.78, 5) is 0. The highest BCUT2D eigenvalue weighted by atomic mass is 19.4. The zero-order chi connectivity index (χ0) is 14.6. The number of aryl methyl sites for hydroxylation is 1. The maximum Gasteiger partial charge on any atom is 0.403 e. The molecule has 0 saturated carbocycles. The van der Waals surface area contributed by atoms with Crippen LogP contribution in [0.1, 0.15) is 12.0 Å². The molecule has 0 spiro atoms. The maximum atomic E-state index is 12.3. The van der Waals surface area contributed by atoms with Crippen LogP contribution in [0, 0.1) is 0 Å². The van der Waals surface area contributed by atoms with Crippen molar-refractivity contribution >= 4 is 0 Å². The second-order valence-corrected chi connectivity index (χ2v) is 4.75. The van der Waals surface area contributed by atoms with Crippen LogP contribution in [0.4, 0.5) is 13.2 Å². The Morgan fingerprint density at radius 3 is 1.95 bits per heavy atom. The summed E-state index contributed by atoms with van der Waals surface area (Å²) in [6.45, 7) is 0. The van der Waals surface area contributed by atoms with Gasteiger partial charge in [0.2, 0.25) is 0 Å². The van der Waals surface area contributed by atoms with Gasteiger partial charge in [-0.3, -0.25) is 0 Å².